The Morgan fingerprint density at radius 2 is 0.842 bits per heavy atom. The minimum absolute atomic E-state index is 0.565. The zero-order chi connectivity index (χ0) is 49.8. The molecular formula is C69H41N5OS. The van der Waals surface area contributed by atoms with Crippen LogP contribution in [0.4, 0.5) is 0 Å². The molecule has 0 atom stereocenters. The summed E-state index contributed by atoms with van der Waals surface area (Å²) >= 11 is 1.85. The fourth-order valence-electron chi connectivity index (χ4n) is 11.6. The lowest BCUT2D eigenvalue weighted by Crippen LogP contribution is -2.01. The predicted molar refractivity (Wildman–Crippen MR) is 316 cm³/mol. The molecule has 0 radical (unpaired) electrons. The summed E-state index contributed by atoms with van der Waals surface area (Å²) in [4.78, 5) is 15.7. The van der Waals surface area contributed by atoms with Crippen LogP contribution >= 0.6 is 11.3 Å². The standard InChI is InChI=1S/C69H41N5OS/c1-4-16-42(17-5-1)43-28-30-45(31-29-43)68-70-67(44-18-6-2-7-19-44)71-69(72-68)52-34-36-59(66-65(52)51-24-11-14-26-62(51)75-66)74-58-35-32-46(47-33-37-64-56(39-47)50-23-12-15-27-63(50)76-64)38-53(58)55-40-54-49-22-10-13-25-57(49)73(60(54)41-61(55)74)48-20-8-3-9-21-48/h1-41H. The van der Waals surface area contributed by atoms with E-state index in [0.29, 0.717) is 17.5 Å². The van der Waals surface area contributed by atoms with Gasteiger partial charge in [-0.1, -0.05) is 170 Å². The molecule has 16 aromatic rings. The number of hydrogen-bond donors (Lipinski definition) is 0. The quantitative estimate of drug-likeness (QED) is 0.160. The van der Waals surface area contributed by atoms with Crippen LogP contribution in [0.2, 0.25) is 0 Å². The lowest BCUT2D eigenvalue weighted by Gasteiger charge is -2.13. The fourth-order valence-corrected chi connectivity index (χ4v) is 12.7. The second-order valence-electron chi connectivity index (χ2n) is 19.5. The number of aromatic nitrogens is 5. The molecule has 0 amide bonds. The summed E-state index contributed by atoms with van der Waals surface area (Å²) in [6, 6.07) is 88.6. The number of para-hydroxylation sites is 3. The van der Waals surface area contributed by atoms with E-state index in [2.05, 4.69) is 228 Å². The van der Waals surface area contributed by atoms with Crippen molar-refractivity contribution >= 4 is 97.1 Å². The Morgan fingerprint density at radius 3 is 1.63 bits per heavy atom. The van der Waals surface area contributed by atoms with Crippen LogP contribution in [-0.2, 0) is 0 Å². The molecule has 7 heteroatoms. The Hall–Kier alpha value is -9.95. The zero-order valence-electron chi connectivity index (χ0n) is 40.7. The summed E-state index contributed by atoms with van der Waals surface area (Å²) < 4.78 is 14.5. The summed E-state index contributed by atoms with van der Waals surface area (Å²) in [5.74, 6) is 1.76. The number of thiophene rings is 1. The van der Waals surface area contributed by atoms with Gasteiger partial charge in [0.25, 0.3) is 0 Å². The summed E-state index contributed by atoms with van der Waals surface area (Å²) in [6.07, 6.45) is 0. The summed E-state index contributed by atoms with van der Waals surface area (Å²) in [6.45, 7) is 0. The smallest absolute Gasteiger partial charge is 0.164 e. The third-order valence-electron chi connectivity index (χ3n) is 15.2. The molecule has 0 bridgehead atoms. The van der Waals surface area contributed by atoms with Gasteiger partial charge in [-0.15, -0.1) is 11.3 Å². The average Bonchev–Trinajstić information content (AvgIpc) is 4.31. The molecule has 0 spiro atoms. The van der Waals surface area contributed by atoms with Gasteiger partial charge in [-0.2, -0.15) is 0 Å². The molecule has 0 aliphatic carbocycles. The second-order valence-corrected chi connectivity index (χ2v) is 20.6. The normalized spacial score (nSPS) is 11.9. The van der Waals surface area contributed by atoms with Crippen LogP contribution in [0.25, 0.3) is 154 Å². The number of rotatable bonds is 7. The van der Waals surface area contributed by atoms with Gasteiger partial charge in [-0.05, 0) is 101 Å². The SMILES string of the molecule is c1ccc(-c2ccc(-c3nc(-c4ccccc4)nc(-c4ccc(-n5c6ccc(-c7ccc8sc9ccccc9c8c7)cc6c6cc7c8ccccc8n(-c8ccccc8)c7cc65)c5oc6ccccc6c45)n3)cc2)cc1. The van der Waals surface area contributed by atoms with Crippen LogP contribution in [0.5, 0.6) is 0 Å². The lowest BCUT2D eigenvalue weighted by molar-refractivity contribution is 0.666. The van der Waals surface area contributed by atoms with Gasteiger partial charge in [0.05, 0.1) is 27.8 Å². The molecule has 11 aromatic carbocycles. The number of furan rings is 1. The largest absolute Gasteiger partial charge is 0.454 e. The van der Waals surface area contributed by atoms with E-state index in [0.717, 1.165) is 99.5 Å². The maximum atomic E-state index is 7.15. The van der Waals surface area contributed by atoms with E-state index >= 15 is 0 Å². The average molecular weight is 988 g/mol. The molecule has 6 nitrogen and oxygen atoms in total. The Labute approximate surface area is 439 Å². The topological polar surface area (TPSA) is 61.7 Å². The number of fused-ring (bicyclic) bond motifs is 12. The van der Waals surface area contributed by atoms with Gasteiger partial charge < -0.3 is 13.6 Å². The Balaban J connectivity index is 0.957. The van der Waals surface area contributed by atoms with Crippen LogP contribution in [0.15, 0.2) is 253 Å². The van der Waals surface area contributed by atoms with Crippen molar-refractivity contribution in [2.24, 2.45) is 0 Å². The van der Waals surface area contributed by atoms with E-state index in [-0.39, 0.29) is 0 Å². The zero-order valence-corrected chi connectivity index (χ0v) is 41.5. The van der Waals surface area contributed by atoms with E-state index in [1.54, 1.807) is 0 Å². The van der Waals surface area contributed by atoms with E-state index < -0.39 is 0 Å². The first kappa shape index (κ1) is 42.5. The van der Waals surface area contributed by atoms with Crippen LogP contribution in [0.1, 0.15) is 0 Å². The van der Waals surface area contributed by atoms with Gasteiger partial charge in [0.1, 0.15) is 5.58 Å². The minimum atomic E-state index is 0.565. The first-order chi connectivity index (χ1) is 37.7. The predicted octanol–water partition coefficient (Wildman–Crippen LogP) is 18.7. The van der Waals surface area contributed by atoms with Crippen LogP contribution in [0.3, 0.4) is 0 Å². The van der Waals surface area contributed by atoms with E-state index in [9.17, 15) is 0 Å². The maximum absolute atomic E-state index is 7.15. The molecule has 0 saturated carbocycles. The molecule has 0 N–H and O–H groups in total. The van der Waals surface area contributed by atoms with Gasteiger partial charge in [-0.25, -0.2) is 15.0 Å². The van der Waals surface area contributed by atoms with Crippen LogP contribution in [0, 0.1) is 0 Å². The van der Waals surface area contributed by atoms with Crippen molar-refractivity contribution in [1.82, 2.24) is 24.1 Å². The number of benzene rings is 11. The molecule has 0 aliphatic rings. The van der Waals surface area contributed by atoms with Crippen molar-refractivity contribution in [3.05, 3.63) is 249 Å². The Kier molecular flexibility index (Phi) is 9.40. The molecule has 0 saturated heterocycles. The Morgan fingerprint density at radius 1 is 0.316 bits per heavy atom. The maximum Gasteiger partial charge on any atom is 0.164 e. The minimum Gasteiger partial charge on any atom is -0.454 e. The van der Waals surface area contributed by atoms with Crippen molar-refractivity contribution in [2.45, 2.75) is 0 Å². The van der Waals surface area contributed by atoms with E-state index in [4.69, 9.17) is 19.4 Å². The summed E-state index contributed by atoms with van der Waals surface area (Å²) in [5.41, 5.74) is 15.3. The summed E-state index contributed by atoms with van der Waals surface area (Å²) in [7, 11) is 0. The van der Waals surface area contributed by atoms with Gasteiger partial charge in [0.2, 0.25) is 0 Å². The van der Waals surface area contributed by atoms with Crippen LogP contribution in [-0.4, -0.2) is 24.1 Å². The molecule has 76 heavy (non-hydrogen) atoms. The molecule has 5 aromatic heterocycles. The molecule has 5 heterocycles. The highest BCUT2D eigenvalue weighted by atomic mass is 32.1. The highest BCUT2D eigenvalue weighted by Crippen LogP contribution is 2.46. The van der Waals surface area contributed by atoms with Crippen molar-refractivity contribution in [3.63, 3.8) is 0 Å². The molecule has 0 fully saturated rings. The van der Waals surface area contributed by atoms with Gasteiger partial charge in [-0.3, -0.25) is 0 Å². The van der Waals surface area contributed by atoms with Crippen molar-refractivity contribution in [1.29, 1.82) is 0 Å². The third kappa shape index (κ3) is 6.62. The van der Waals surface area contributed by atoms with Gasteiger partial charge in [0, 0.05) is 74.9 Å². The van der Waals surface area contributed by atoms with Crippen LogP contribution < -0.4 is 0 Å². The summed E-state index contributed by atoms with van der Waals surface area (Å²) in [5, 5.41) is 9.21. The molecule has 16 rings (SSSR count). The number of hydrogen-bond acceptors (Lipinski definition) is 5. The van der Waals surface area contributed by atoms with Crippen molar-refractivity contribution < 1.29 is 4.42 Å². The van der Waals surface area contributed by atoms with Gasteiger partial charge >= 0.3 is 0 Å². The first-order valence-corrected chi connectivity index (χ1v) is 26.4. The molecular weight excluding hydrogens is 947 g/mol. The van der Waals surface area contributed by atoms with E-state index in [1.807, 2.05) is 41.7 Å². The first-order valence-electron chi connectivity index (χ1n) is 25.6. The van der Waals surface area contributed by atoms with Crippen molar-refractivity contribution in [2.75, 3.05) is 0 Å². The highest BCUT2D eigenvalue weighted by molar-refractivity contribution is 7.25. The second kappa shape index (κ2) is 16.8. The highest BCUT2D eigenvalue weighted by Gasteiger charge is 2.25. The lowest BCUT2D eigenvalue weighted by atomic mass is 10.00. The Bertz CT molecular complexity index is 4980. The fraction of sp³-hybridized carbons (Fsp3) is 0. The van der Waals surface area contributed by atoms with Crippen molar-refractivity contribution in [3.8, 4) is 67.8 Å². The third-order valence-corrected chi connectivity index (χ3v) is 16.3. The van der Waals surface area contributed by atoms with Gasteiger partial charge in [0.15, 0.2) is 23.1 Å². The number of nitrogens with zero attached hydrogens (tertiary/aromatic N) is 5. The molecule has 0 unspecified atom stereocenters. The van der Waals surface area contributed by atoms with E-state index in [1.165, 1.54) is 36.5 Å². The molecule has 354 valence electrons. The monoisotopic (exact) mass is 987 g/mol. The molecule has 0 aliphatic heterocycles.